The zero-order valence-electron chi connectivity index (χ0n) is 22.4. The molecule has 0 radical (unpaired) electrons. The Morgan fingerprint density at radius 2 is 1.00 bits per heavy atom. The third-order valence-corrected chi connectivity index (χ3v) is 20.4. The normalized spacial score (nSPS) is 17.2. The molecular weight excluding hydrogens is 457 g/mol. The van der Waals surface area contributed by atoms with Crippen LogP contribution in [0, 0.1) is 0 Å². The average Bonchev–Trinajstić information content (AvgIpc) is 2.50. The molecule has 184 valence electrons. The number of hydrogen-bond acceptors (Lipinski definition) is 5. The summed E-state index contributed by atoms with van der Waals surface area (Å²) in [6.45, 7) is 34.8. The summed E-state index contributed by atoms with van der Waals surface area (Å²) in [7, 11) is -9.12. The molecule has 0 aromatic rings. The van der Waals surface area contributed by atoms with E-state index in [0.29, 0.717) is 13.2 Å². The largest absolute Gasteiger partial charge is 0.437 e. The van der Waals surface area contributed by atoms with Crippen molar-refractivity contribution >= 4 is 33.8 Å². The fourth-order valence-corrected chi connectivity index (χ4v) is 24.0. The minimum absolute atomic E-state index is 0.0164. The minimum atomic E-state index is -2.55. The summed E-state index contributed by atoms with van der Waals surface area (Å²) >= 11 is 0. The Hall–Kier alpha value is 0.148. The minimum Gasteiger partial charge on any atom is -0.437 e. The number of ether oxygens (including phenoxy) is 2. The van der Waals surface area contributed by atoms with E-state index in [1.165, 1.54) is 0 Å². The summed E-state index contributed by atoms with van der Waals surface area (Å²) in [4.78, 5) is 0. The van der Waals surface area contributed by atoms with E-state index in [-0.39, 0.29) is 11.5 Å². The van der Waals surface area contributed by atoms with E-state index in [2.05, 4.69) is 79.4 Å². The summed E-state index contributed by atoms with van der Waals surface area (Å²) in [5, 5.41) is 0. The van der Waals surface area contributed by atoms with Crippen molar-refractivity contribution in [1.82, 2.24) is 0 Å². The van der Waals surface area contributed by atoms with Crippen LogP contribution in [-0.2, 0) is 21.8 Å². The van der Waals surface area contributed by atoms with Gasteiger partial charge in [0.25, 0.3) is 0 Å². The van der Waals surface area contributed by atoms with E-state index in [1.54, 1.807) is 0 Å². The topological polar surface area (TPSA) is 46.2 Å². The zero-order chi connectivity index (χ0) is 24.7. The first kappa shape index (κ1) is 31.1. The molecule has 9 heteroatoms. The number of hydrogen-bond donors (Lipinski definition) is 0. The van der Waals surface area contributed by atoms with Gasteiger partial charge in [0.2, 0.25) is 8.32 Å². The van der Waals surface area contributed by atoms with Gasteiger partial charge in [-0.3, -0.25) is 0 Å². The van der Waals surface area contributed by atoms with Crippen LogP contribution in [0.15, 0.2) is 24.3 Å². The molecule has 5 nitrogen and oxygen atoms in total. The highest BCUT2D eigenvalue weighted by molar-refractivity contribution is 6.90. The van der Waals surface area contributed by atoms with Gasteiger partial charge in [0.1, 0.15) is 0 Å². The Kier molecular flexibility index (Phi) is 12.6. The van der Waals surface area contributed by atoms with Crippen molar-refractivity contribution in [2.45, 2.75) is 104 Å². The lowest BCUT2D eigenvalue weighted by molar-refractivity contribution is 0.0622. The van der Waals surface area contributed by atoms with E-state index in [0.717, 1.165) is 24.0 Å². The van der Waals surface area contributed by atoms with Crippen LogP contribution < -0.4 is 0 Å². The Morgan fingerprint density at radius 3 is 1.29 bits per heavy atom. The van der Waals surface area contributed by atoms with Gasteiger partial charge in [-0.2, -0.15) is 0 Å². The lowest BCUT2D eigenvalue weighted by Crippen LogP contribution is -2.65. The van der Waals surface area contributed by atoms with Gasteiger partial charge < -0.3 is 21.8 Å². The van der Waals surface area contributed by atoms with Gasteiger partial charge in [0, 0.05) is 0 Å². The van der Waals surface area contributed by atoms with Crippen molar-refractivity contribution < 1.29 is 21.8 Å². The van der Waals surface area contributed by atoms with Crippen LogP contribution in [0.2, 0.25) is 52.4 Å². The van der Waals surface area contributed by atoms with Gasteiger partial charge in [-0.15, -0.1) is 0 Å². The summed E-state index contributed by atoms with van der Waals surface area (Å²) in [6.07, 6.45) is 1.72. The fourth-order valence-electron chi connectivity index (χ4n) is 4.10. The first-order valence-corrected chi connectivity index (χ1v) is 23.1. The highest BCUT2D eigenvalue weighted by Gasteiger charge is 2.52. The molecule has 2 unspecified atom stereocenters. The first-order chi connectivity index (χ1) is 13.9. The van der Waals surface area contributed by atoms with Gasteiger partial charge in [-0.25, -0.2) is 0 Å². The third-order valence-electron chi connectivity index (χ3n) is 4.59. The van der Waals surface area contributed by atoms with E-state index < -0.39 is 33.8 Å². The maximum atomic E-state index is 7.06. The maximum absolute atomic E-state index is 7.06. The molecule has 0 aliphatic rings. The molecule has 0 aromatic heterocycles. The van der Waals surface area contributed by atoms with Gasteiger partial charge in [-0.1, -0.05) is 38.2 Å². The van der Waals surface area contributed by atoms with Crippen LogP contribution in [0.4, 0.5) is 0 Å². The van der Waals surface area contributed by atoms with Crippen molar-refractivity contribution in [2.75, 3.05) is 13.2 Å². The van der Waals surface area contributed by atoms with Crippen LogP contribution >= 0.6 is 0 Å². The lowest BCUT2D eigenvalue weighted by atomic mass is 10.4. The molecule has 0 spiro atoms. The molecule has 31 heavy (non-hydrogen) atoms. The molecule has 0 amide bonds. The predicted molar refractivity (Wildman–Crippen MR) is 143 cm³/mol. The quantitative estimate of drug-likeness (QED) is 0.173. The molecule has 0 heterocycles. The first-order valence-electron chi connectivity index (χ1n) is 11.5. The van der Waals surface area contributed by atoms with Crippen molar-refractivity contribution in [1.29, 1.82) is 0 Å². The van der Waals surface area contributed by atoms with Gasteiger partial charge in [0.05, 0.1) is 24.7 Å². The predicted octanol–water partition coefficient (Wildman–Crippen LogP) is 6.67. The Morgan fingerprint density at radius 1 is 0.645 bits per heavy atom. The van der Waals surface area contributed by atoms with Gasteiger partial charge in [0.15, 0.2) is 8.32 Å². The molecule has 0 aliphatic heterocycles. The van der Waals surface area contributed by atoms with Crippen molar-refractivity contribution in [3.05, 3.63) is 24.3 Å². The molecule has 0 rings (SSSR count). The summed E-state index contributed by atoms with van der Waals surface area (Å²) < 4.78 is 32.9. The van der Waals surface area contributed by atoms with Crippen LogP contribution in [0.1, 0.15) is 40.5 Å². The Balaban J connectivity index is 5.93. The van der Waals surface area contributed by atoms with Crippen LogP contribution in [0.25, 0.3) is 0 Å². The average molecular weight is 507 g/mol. The molecule has 0 fully saturated rings. The van der Waals surface area contributed by atoms with Gasteiger partial charge >= 0.3 is 17.1 Å². The van der Waals surface area contributed by atoms with Crippen LogP contribution in [-0.4, -0.2) is 58.4 Å². The monoisotopic (exact) mass is 506 g/mol. The molecule has 2 atom stereocenters. The third kappa shape index (κ3) is 12.3. The second kappa shape index (κ2) is 12.6. The molecule has 0 saturated heterocycles. The highest BCUT2D eigenvalue weighted by atomic mass is 28.5. The smallest absolute Gasteiger partial charge is 0.312 e. The van der Waals surface area contributed by atoms with E-state index in [9.17, 15) is 0 Å². The maximum Gasteiger partial charge on any atom is 0.312 e. The zero-order valence-corrected chi connectivity index (χ0v) is 26.4. The van der Waals surface area contributed by atoms with Crippen LogP contribution in [0.5, 0.6) is 0 Å². The van der Waals surface area contributed by atoms with Crippen molar-refractivity contribution in [2.24, 2.45) is 0 Å². The second-order valence-corrected chi connectivity index (χ2v) is 26.7. The van der Waals surface area contributed by atoms with E-state index in [1.807, 2.05) is 13.8 Å². The molecule has 0 N–H and O–H groups in total. The van der Waals surface area contributed by atoms with Crippen molar-refractivity contribution in [3.8, 4) is 0 Å². The molecular formula is C22H50O5Si4. The van der Waals surface area contributed by atoms with Gasteiger partial charge in [-0.05, 0) is 79.1 Å². The summed E-state index contributed by atoms with van der Waals surface area (Å²) in [5.74, 6) is 0. The summed E-state index contributed by atoms with van der Waals surface area (Å²) in [5.41, 5.74) is 1.99. The standard InChI is InChI=1S/C22H50O5Si4/c1-15-21(23-17-19(3)4)31(14,22(16-2)24-18-20(5)6)27-30(12,13)26-29(10,11)25-28(7,8)9/h21-22H,3,5,15-18H2,1-2,4,6-14H3. The SMILES string of the molecule is C=C(C)COC(CC)[Si](C)(O[Si](C)(C)O[Si](C)(C)O[Si](C)(C)C)C(CC)OCC(=C)C. The molecule has 0 aromatic carbocycles. The lowest BCUT2D eigenvalue weighted by Gasteiger charge is -2.46. The summed E-state index contributed by atoms with van der Waals surface area (Å²) in [6, 6.07) is 0. The van der Waals surface area contributed by atoms with E-state index >= 15 is 0 Å². The molecule has 0 aliphatic carbocycles. The fraction of sp³-hybridized carbons (Fsp3) is 0.818. The van der Waals surface area contributed by atoms with E-state index in [4.69, 9.17) is 21.8 Å². The molecule has 0 bridgehead atoms. The van der Waals surface area contributed by atoms with Crippen molar-refractivity contribution in [3.63, 3.8) is 0 Å². The Bertz CT molecular complexity index is 561. The van der Waals surface area contributed by atoms with Crippen LogP contribution in [0.3, 0.4) is 0 Å². The highest BCUT2D eigenvalue weighted by Crippen LogP contribution is 2.31. The molecule has 0 saturated carbocycles. The Labute approximate surface area is 197 Å². The number of rotatable bonds is 16. The second-order valence-electron chi connectivity index (χ2n) is 10.7.